The van der Waals surface area contributed by atoms with Gasteiger partial charge >= 0.3 is 0 Å². The summed E-state index contributed by atoms with van der Waals surface area (Å²) in [6.07, 6.45) is -0.205. The smallest absolute Gasteiger partial charge is 0.123 e. The van der Waals surface area contributed by atoms with Crippen LogP contribution < -0.4 is 0 Å². The van der Waals surface area contributed by atoms with Gasteiger partial charge in [0.05, 0.1) is 12.2 Å². The molecule has 0 unspecified atom stereocenters. The molecule has 0 amide bonds. The lowest BCUT2D eigenvalue weighted by Crippen LogP contribution is -2.09. The van der Waals surface area contributed by atoms with Crippen LogP contribution in [0.15, 0.2) is 48.5 Å². The zero-order chi connectivity index (χ0) is 15.0. The van der Waals surface area contributed by atoms with Gasteiger partial charge in [-0.3, -0.25) is 0 Å². The molecule has 1 saturated heterocycles. The van der Waals surface area contributed by atoms with Gasteiger partial charge in [0, 0.05) is 0 Å². The molecule has 1 N–H and O–H groups in total. The van der Waals surface area contributed by atoms with Gasteiger partial charge in [0.1, 0.15) is 11.6 Å². The van der Waals surface area contributed by atoms with Crippen LogP contribution in [0.4, 0.5) is 4.39 Å². The topological polar surface area (TPSA) is 29.5 Å². The van der Waals surface area contributed by atoms with Gasteiger partial charge < -0.3 is 9.84 Å². The van der Waals surface area contributed by atoms with Crippen LogP contribution >= 0.6 is 0 Å². The number of ether oxygens (including phenoxy) is 1. The van der Waals surface area contributed by atoms with Crippen molar-refractivity contribution in [2.75, 3.05) is 0 Å². The summed E-state index contributed by atoms with van der Waals surface area (Å²) in [6, 6.07) is 13.8. The van der Waals surface area contributed by atoms with Crippen molar-refractivity contribution in [2.45, 2.75) is 26.1 Å². The van der Waals surface area contributed by atoms with Crippen molar-refractivity contribution in [1.29, 1.82) is 0 Å². The van der Waals surface area contributed by atoms with Crippen LogP contribution in [-0.2, 0) is 4.74 Å². The summed E-state index contributed by atoms with van der Waals surface area (Å²) in [7, 11) is 0. The lowest BCUT2D eigenvalue weighted by Gasteiger charge is -2.16. The molecule has 2 aromatic carbocycles. The van der Waals surface area contributed by atoms with Crippen molar-refractivity contribution >= 4 is 0 Å². The molecule has 110 valence electrons. The fourth-order valence-electron chi connectivity index (χ4n) is 3.11. The highest BCUT2D eigenvalue weighted by atomic mass is 19.1. The van der Waals surface area contributed by atoms with E-state index in [4.69, 9.17) is 4.74 Å². The van der Waals surface area contributed by atoms with Gasteiger partial charge in [0.15, 0.2) is 0 Å². The molecule has 0 aliphatic carbocycles. The molecule has 2 nitrogen and oxygen atoms in total. The van der Waals surface area contributed by atoms with Crippen LogP contribution in [0.5, 0.6) is 5.75 Å². The summed E-state index contributed by atoms with van der Waals surface area (Å²) in [5, 5.41) is 9.64. The molecule has 3 heteroatoms. The Morgan fingerprint density at radius 3 is 2.05 bits per heavy atom. The molecule has 3 rings (SSSR count). The maximum atomic E-state index is 13.4. The van der Waals surface area contributed by atoms with Crippen LogP contribution in [0, 0.1) is 17.7 Å². The van der Waals surface area contributed by atoms with Crippen LogP contribution in [0.2, 0.25) is 0 Å². The van der Waals surface area contributed by atoms with Crippen molar-refractivity contribution < 1.29 is 14.2 Å². The SMILES string of the molecule is C[C@@H]1[C@@H](C)[C@H](c2cccc(O)c2)O[C@@H]1c1cccc(F)c1. The van der Waals surface area contributed by atoms with E-state index in [2.05, 4.69) is 13.8 Å². The maximum absolute atomic E-state index is 13.4. The van der Waals surface area contributed by atoms with Crippen molar-refractivity contribution in [2.24, 2.45) is 11.8 Å². The minimum absolute atomic E-state index is 0.0830. The fraction of sp³-hybridized carbons (Fsp3) is 0.333. The molecule has 2 aromatic rings. The average Bonchev–Trinajstić information content (AvgIpc) is 2.75. The molecule has 1 aliphatic heterocycles. The van der Waals surface area contributed by atoms with E-state index < -0.39 is 0 Å². The van der Waals surface area contributed by atoms with E-state index in [1.807, 2.05) is 18.2 Å². The lowest BCUT2D eigenvalue weighted by molar-refractivity contribution is 0.0288. The molecule has 21 heavy (non-hydrogen) atoms. The number of benzene rings is 2. The first-order valence-electron chi connectivity index (χ1n) is 7.26. The first-order chi connectivity index (χ1) is 10.1. The van der Waals surface area contributed by atoms with Crippen molar-refractivity contribution in [3.8, 4) is 5.75 Å². The van der Waals surface area contributed by atoms with Crippen LogP contribution in [-0.4, -0.2) is 5.11 Å². The van der Waals surface area contributed by atoms with Crippen LogP contribution in [0.1, 0.15) is 37.2 Å². The summed E-state index contributed by atoms with van der Waals surface area (Å²) in [6.45, 7) is 4.27. The van der Waals surface area contributed by atoms with Gasteiger partial charge in [-0.15, -0.1) is 0 Å². The number of phenols is 1. The normalized spacial score (nSPS) is 28.7. The van der Waals surface area contributed by atoms with E-state index in [0.29, 0.717) is 5.92 Å². The molecule has 0 radical (unpaired) electrons. The van der Waals surface area contributed by atoms with Crippen LogP contribution in [0.3, 0.4) is 0 Å². The zero-order valence-electron chi connectivity index (χ0n) is 12.2. The number of aromatic hydroxyl groups is 1. The van der Waals surface area contributed by atoms with Gasteiger partial charge in [-0.05, 0) is 47.2 Å². The molecule has 1 aliphatic rings. The van der Waals surface area contributed by atoms with E-state index >= 15 is 0 Å². The quantitative estimate of drug-likeness (QED) is 0.873. The summed E-state index contributed by atoms with van der Waals surface area (Å²) < 4.78 is 19.6. The monoisotopic (exact) mass is 286 g/mol. The number of phenolic OH excluding ortho intramolecular Hbond substituents is 1. The van der Waals surface area contributed by atoms with Gasteiger partial charge in [-0.25, -0.2) is 4.39 Å². The standard InChI is InChI=1S/C18H19FO2/c1-11-12(2)18(14-6-4-8-16(20)10-14)21-17(11)13-5-3-7-15(19)9-13/h3-12,17-18,20H,1-2H3/t11-,12-,17+,18-/m1/s1. The Bertz CT molecular complexity index is 585. The third-order valence-electron chi connectivity index (χ3n) is 4.45. The number of hydrogen-bond acceptors (Lipinski definition) is 2. The van der Waals surface area contributed by atoms with E-state index in [9.17, 15) is 9.50 Å². The van der Waals surface area contributed by atoms with Gasteiger partial charge in [-0.2, -0.15) is 0 Å². The Balaban J connectivity index is 1.90. The van der Waals surface area contributed by atoms with Crippen molar-refractivity contribution in [1.82, 2.24) is 0 Å². The lowest BCUT2D eigenvalue weighted by atomic mass is 9.85. The third-order valence-corrected chi connectivity index (χ3v) is 4.45. The average molecular weight is 286 g/mol. The second-order valence-electron chi connectivity index (χ2n) is 5.85. The highest BCUT2D eigenvalue weighted by Gasteiger charge is 2.40. The Labute approximate surface area is 124 Å². The molecular formula is C18H19FO2. The Kier molecular flexibility index (Phi) is 3.68. The molecule has 0 bridgehead atoms. The second kappa shape index (κ2) is 5.49. The van der Waals surface area contributed by atoms with Gasteiger partial charge in [0.2, 0.25) is 0 Å². The molecule has 4 atom stereocenters. The number of hydrogen-bond donors (Lipinski definition) is 1. The Morgan fingerprint density at radius 1 is 0.905 bits per heavy atom. The highest BCUT2D eigenvalue weighted by molar-refractivity contribution is 5.30. The minimum atomic E-state index is -0.239. The third kappa shape index (κ3) is 2.66. The Morgan fingerprint density at radius 2 is 1.48 bits per heavy atom. The zero-order valence-corrected chi connectivity index (χ0v) is 12.2. The van der Waals surface area contributed by atoms with Crippen molar-refractivity contribution in [3.05, 3.63) is 65.5 Å². The first-order valence-corrected chi connectivity index (χ1v) is 7.26. The maximum Gasteiger partial charge on any atom is 0.123 e. The summed E-state index contributed by atoms with van der Waals surface area (Å²) in [5.41, 5.74) is 1.84. The number of rotatable bonds is 2. The van der Waals surface area contributed by atoms with E-state index in [0.717, 1.165) is 11.1 Å². The predicted octanol–water partition coefficient (Wildman–Crippen LogP) is 4.62. The molecule has 0 saturated carbocycles. The van der Waals surface area contributed by atoms with Gasteiger partial charge in [0.25, 0.3) is 0 Å². The largest absolute Gasteiger partial charge is 0.508 e. The summed E-state index contributed by atoms with van der Waals surface area (Å²) in [4.78, 5) is 0. The number of halogens is 1. The molecule has 0 spiro atoms. The molecule has 0 aromatic heterocycles. The summed E-state index contributed by atoms with van der Waals surface area (Å²) in [5.74, 6) is 0.570. The predicted molar refractivity (Wildman–Crippen MR) is 79.4 cm³/mol. The fourth-order valence-corrected chi connectivity index (χ4v) is 3.11. The van der Waals surface area contributed by atoms with E-state index in [-0.39, 0.29) is 29.7 Å². The van der Waals surface area contributed by atoms with E-state index in [1.54, 1.807) is 24.3 Å². The minimum Gasteiger partial charge on any atom is -0.508 e. The first kappa shape index (κ1) is 14.1. The second-order valence-corrected chi connectivity index (χ2v) is 5.85. The highest BCUT2D eigenvalue weighted by Crippen LogP contribution is 2.49. The molecule has 1 heterocycles. The van der Waals surface area contributed by atoms with Crippen molar-refractivity contribution in [3.63, 3.8) is 0 Å². The molecule has 1 fully saturated rings. The summed E-state index contributed by atoms with van der Waals surface area (Å²) >= 11 is 0. The van der Waals surface area contributed by atoms with Gasteiger partial charge in [-0.1, -0.05) is 38.1 Å². The van der Waals surface area contributed by atoms with E-state index in [1.165, 1.54) is 6.07 Å². The Hall–Kier alpha value is -1.87. The molecular weight excluding hydrogens is 267 g/mol. The van der Waals surface area contributed by atoms with Crippen LogP contribution in [0.25, 0.3) is 0 Å².